The smallest absolute Gasteiger partial charge is 0.378 e. The molecule has 6 nitrogen and oxygen atoms in total. The van der Waals surface area contributed by atoms with Crippen LogP contribution in [0, 0.1) is 11.3 Å². The van der Waals surface area contributed by atoms with Gasteiger partial charge in [0.1, 0.15) is 5.41 Å². The SMILES string of the molecule is CC12C(=O)N(c3cc(Cl)cc(Cl)c3)C(=O)C1C2(C(=O)N1CCOCC1)c1ccc(C(F)(F)F)cc1. The molecule has 0 aromatic heterocycles. The zero-order chi connectivity index (χ0) is 25.3. The Morgan fingerprint density at radius 2 is 1.60 bits per heavy atom. The van der Waals surface area contributed by atoms with Crippen LogP contribution in [0.15, 0.2) is 42.5 Å². The number of ether oxygens (including phenoxy) is 1. The van der Waals surface area contributed by atoms with Crippen molar-refractivity contribution in [3.05, 3.63) is 63.6 Å². The molecule has 3 fully saturated rings. The summed E-state index contributed by atoms with van der Waals surface area (Å²) in [5.74, 6) is -2.82. The molecule has 2 aliphatic heterocycles. The number of hydrogen-bond acceptors (Lipinski definition) is 4. The summed E-state index contributed by atoms with van der Waals surface area (Å²) in [6.45, 7) is 2.58. The summed E-state index contributed by atoms with van der Waals surface area (Å²) in [4.78, 5) is 43.8. The molecule has 11 heteroatoms. The number of carbonyl (C=O) groups excluding carboxylic acids is 3. The predicted octanol–water partition coefficient (Wildman–Crippen LogP) is 4.32. The van der Waals surface area contributed by atoms with Crippen LogP contribution in [0.5, 0.6) is 0 Å². The van der Waals surface area contributed by atoms with Crippen LogP contribution in [-0.2, 0) is 30.7 Å². The number of hydrogen-bond donors (Lipinski definition) is 0. The van der Waals surface area contributed by atoms with E-state index in [4.69, 9.17) is 27.9 Å². The monoisotopic (exact) mass is 526 g/mol. The van der Waals surface area contributed by atoms with Crippen molar-refractivity contribution >= 4 is 46.6 Å². The standard InChI is InChI=1S/C24H19Cl2F3N2O4/c1-22-18(19(32)31(20(22)33)17-11-15(25)10-16(26)12-17)23(22,21(34)30-6-8-35-9-7-30)13-2-4-14(5-3-13)24(27,28)29/h2-5,10-12,18H,6-9H2,1H3. The van der Waals surface area contributed by atoms with Gasteiger partial charge in [0.15, 0.2) is 0 Å². The van der Waals surface area contributed by atoms with Crippen molar-refractivity contribution < 1.29 is 32.3 Å². The third-order valence-electron chi connectivity index (χ3n) is 7.27. The van der Waals surface area contributed by atoms with E-state index < -0.39 is 46.2 Å². The van der Waals surface area contributed by atoms with E-state index in [1.165, 1.54) is 42.2 Å². The molecule has 2 heterocycles. The number of carbonyl (C=O) groups is 3. The van der Waals surface area contributed by atoms with Crippen molar-refractivity contribution in [3.63, 3.8) is 0 Å². The maximum Gasteiger partial charge on any atom is 0.416 e. The molecule has 184 valence electrons. The molecular weight excluding hydrogens is 508 g/mol. The molecule has 0 N–H and O–H groups in total. The number of rotatable bonds is 3. The molecule has 1 saturated carbocycles. The maximum absolute atomic E-state index is 13.9. The number of fused-ring (bicyclic) bond motifs is 1. The van der Waals surface area contributed by atoms with E-state index in [1.54, 1.807) is 0 Å². The first-order chi connectivity index (χ1) is 16.4. The van der Waals surface area contributed by atoms with E-state index in [2.05, 4.69) is 0 Å². The van der Waals surface area contributed by atoms with Crippen LogP contribution < -0.4 is 4.90 Å². The van der Waals surface area contributed by atoms with E-state index in [9.17, 15) is 27.6 Å². The fourth-order valence-electron chi connectivity index (χ4n) is 5.59. The molecular formula is C24H19Cl2F3N2O4. The average molecular weight is 527 g/mol. The Kier molecular flexibility index (Phi) is 5.47. The molecule has 2 aromatic carbocycles. The van der Waals surface area contributed by atoms with E-state index in [1.807, 2.05) is 0 Å². The van der Waals surface area contributed by atoms with Crippen LogP contribution >= 0.6 is 23.2 Å². The van der Waals surface area contributed by atoms with Crippen molar-refractivity contribution in [2.24, 2.45) is 11.3 Å². The van der Waals surface area contributed by atoms with Crippen molar-refractivity contribution in [1.82, 2.24) is 4.90 Å². The second kappa shape index (κ2) is 7.94. The number of imide groups is 1. The summed E-state index contributed by atoms with van der Waals surface area (Å²) in [5.41, 5.74) is -3.64. The Morgan fingerprint density at radius 1 is 1.03 bits per heavy atom. The topological polar surface area (TPSA) is 66.9 Å². The highest BCUT2D eigenvalue weighted by atomic mass is 35.5. The molecule has 3 atom stereocenters. The van der Waals surface area contributed by atoms with Crippen molar-refractivity contribution in [3.8, 4) is 0 Å². The van der Waals surface area contributed by atoms with Crippen molar-refractivity contribution in [2.75, 3.05) is 31.2 Å². The van der Waals surface area contributed by atoms with E-state index >= 15 is 0 Å². The van der Waals surface area contributed by atoms with E-state index in [-0.39, 0.29) is 47.6 Å². The first-order valence-electron chi connectivity index (χ1n) is 10.8. The van der Waals surface area contributed by atoms with Gasteiger partial charge in [0.25, 0.3) is 0 Å². The maximum atomic E-state index is 13.9. The van der Waals surface area contributed by atoms with Gasteiger partial charge < -0.3 is 9.64 Å². The van der Waals surface area contributed by atoms with Gasteiger partial charge in [0.05, 0.1) is 35.8 Å². The lowest BCUT2D eigenvalue weighted by Crippen LogP contribution is -2.52. The van der Waals surface area contributed by atoms with Gasteiger partial charge >= 0.3 is 6.18 Å². The predicted molar refractivity (Wildman–Crippen MR) is 121 cm³/mol. The van der Waals surface area contributed by atoms with Crippen LogP contribution in [0.4, 0.5) is 18.9 Å². The number of halogens is 5. The fraction of sp³-hybridized carbons (Fsp3) is 0.375. The lowest BCUT2D eigenvalue weighted by atomic mass is 9.83. The number of alkyl halides is 3. The normalized spacial score (nSPS) is 28.3. The van der Waals surface area contributed by atoms with Crippen molar-refractivity contribution in [1.29, 1.82) is 0 Å². The van der Waals surface area contributed by atoms with Gasteiger partial charge in [-0.25, -0.2) is 4.90 Å². The van der Waals surface area contributed by atoms with Crippen LogP contribution in [0.2, 0.25) is 10.0 Å². The third-order valence-corrected chi connectivity index (χ3v) is 7.71. The minimum absolute atomic E-state index is 0.172. The van der Waals surface area contributed by atoms with Gasteiger partial charge in [-0.3, -0.25) is 14.4 Å². The molecule has 3 aliphatic rings. The van der Waals surface area contributed by atoms with Crippen molar-refractivity contribution in [2.45, 2.75) is 18.5 Å². The van der Waals surface area contributed by atoms with Gasteiger partial charge in [-0.15, -0.1) is 0 Å². The molecule has 35 heavy (non-hydrogen) atoms. The lowest BCUT2D eigenvalue weighted by molar-refractivity contribution is -0.143. The first kappa shape index (κ1) is 24.1. The minimum Gasteiger partial charge on any atom is -0.378 e. The summed E-state index contributed by atoms with van der Waals surface area (Å²) < 4.78 is 44.9. The molecule has 3 unspecified atom stereocenters. The molecule has 0 spiro atoms. The van der Waals surface area contributed by atoms with Crippen LogP contribution in [0.25, 0.3) is 0 Å². The molecule has 0 bridgehead atoms. The van der Waals surface area contributed by atoms with Gasteiger partial charge in [-0.2, -0.15) is 13.2 Å². The molecule has 3 amide bonds. The lowest BCUT2D eigenvalue weighted by Gasteiger charge is -2.35. The molecule has 0 radical (unpaired) electrons. The number of morpholine rings is 1. The van der Waals surface area contributed by atoms with Crippen LogP contribution in [0.3, 0.4) is 0 Å². The zero-order valence-corrected chi connectivity index (χ0v) is 19.9. The third kappa shape index (κ3) is 3.32. The summed E-state index contributed by atoms with van der Waals surface area (Å²) in [7, 11) is 0. The first-order valence-corrected chi connectivity index (χ1v) is 11.6. The Balaban J connectivity index is 1.61. The summed E-state index contributed by atoms with van der Waals surface area (Å²) in [5, 5.41) is 0.439. The molecule has 5 rings (SSSR count). The number of nitrogens with zero attached hydrogens (tertiary/aromatic N) is 2. The van der Waals surface area contributed by atoms with Gasteiger partial charge in [0.2, 0.25) is 17.7 Å². The van der Waals surface area contributed by atoms with E-state index in [0.717, 1.165) is 17.0 Å². The van der Waals surface area contributed by atoms with Gasteiger partial charge in [0, 0.05) is 23.1 Å². The number of amides is 3. The highest BCUT2D eigenvalue weighted by Gasteiger charge is 2.90. The summed E-state index contributed by atoms with van der Waals surface area (Å²) in [6, 6.07) is 8.39. The molecule has 2 saturated heterocycles. The Morgan fingerprint density at radius 3 is 2.09 bits per heavy atom. The minimum atomic E-state index is -4.57. The second-order valence-corrected chi connectivity index (χ2v) is 9.90. The summed E-state index contributed by atoms with van der Waals surface area (Å²) >= 11 is 12.1. The number of benzene rings is 2. The van der Waals surface area contributed by atoms with E-state index in [0.29, 0.717) is 0 Å². The highest BCUT2D eigenvalue weighted by molar-refractivity contribution is 6.37. The van der Waals surface area contributed by atoms with Gasteiger partial charge in [-0.1, -0.05) is 35.3 Å². The fourth-order valence-corrected chi connectivity index (χ4v) is 6.11. The number of anilines is 1. The summed E-state index contributed by atoms with van der Waals surface area (Å²) in [6.07, 6.45) is -4.57. The second-order valence-electron chi connectivity index (χ2n) is 9.03. The Bertz CT molecular complexity index is 1230. The van der Waals surface area contributed by atoms with Gasteiger partial charge in [-0.05, 0) is 42.8 Å². The zero-order valence-electron chi connectivity index (χ0n) is 18.4. The van der Waals surface area contributed by atoms with Crippen LogP contribution in [-0.4, -0.2) is 48.9 Å². The Hall–Kier alpha value is -2.62. The number of piperidine rings is 1. The molecule has 2 aromatic rings. The van der Waals surface area contributed by atoms with Crippen LogP contribution in [0.1, 0.15) is 18.1 Å². The molecule has 1 aliphatic carbocycles. The largest absolute Gasteiger partial charge is 0.416 e. The quantitative estimate of drug-likeness (QED) is 0.558. The average Bonchev–Trinajstić information content (AvgIpc) is 3.32. The highest BCUT2D eigenvalue weighted by Crippen LogP contribution is 2.74. The Labute approximate surface area is 208 Å².